The number of furan rings is 1. The number of methoxy groups -OCH3 is 1. The molecule has 0 aliphatic heterocycles. The van der Waals surface area contributed by atoms with Crippen molar-refractivity contribution in [1.82, 2.24) is 4.98 Å². The minimum Gasteiger partial charge on any atom is -0.451 e. The highest BCUT2D eigenvalue weighted by Gasteiger charge is 2.21. The first kappa shape index (κ1) is 19.0. The first-order chi connectivity index (χ1) is 14.7. The zero-order valence-corrected chi connectivity index (χ0v) is 17.6. The maximum atomic E-state index is 12.9. The largest absolute Gasteiger partial charge is 0.451 e. The van der Waals surface area contributed by atoms with Crippen LogP contribution < -0.4 is 5.32 Å². The third-order valence-electron chi connectivity index (χ3n) is 5.56. The average molecular weight is 419 g/mol. The molecule has 0 fully saturated rings. The van der Waals surface area contributed by atoms with Crippen molar-refractivity contribution in [2.45, 2.75) is 32.3 Å². The summed E-state index contributed by atoms with van der Waals surface area (Å²) >= 11 is 1.41. The SMILES string of the molecule is COCc1c(C(=O)Nc2nc(-c3ccc4c(c3)CCCC4)cs2)oc2ccccc12. The van der Waals surface area contributed by atoms with Gasteiger partial charge in [0.1, 0.15) is 5.58 Å². The van der Waals surface area contributed by atoms with Crippen LogP contribution in [0.4, 0.5) is 5.13 Å². The fourth-order valence-electron chi connectivity index (χ4n) is 4.08. The summed E-state index contributed by atoms with van der Waals surface area (Å²) < 4.78 is 11.1. The van der Waals surface area contributed by atoms with Crippen molar-refractivity contribution in [3.05, 3.63) is 70.3 Å². The van der Waals surface area contributed by atoms with Gasteiger partial charge in [-0.2, -0.15) is 0 Å². The van der Waals surface area contributed by atoms with Crippen molar-refractivity contribution < 1.29 is 13.9 Å². The van der Waals surface area contributed by atoms with E-state index in [1.807, 2.05) is 29.6 Å². The molecule has 1 N–H and O–H groups in total. The third kappa shape index (κ3) is 3.53. The molecule has 5 nitrogen and oxygen atoms in total. The van der Waals surface area contributed by atoms with Crippen molar-refractivity contribution in [3.8, 4) is 11.3 Å². The molecule has 2 aromatic heterocycles. The Kier molecular flexibility index (Phi) is 5.11. The van der Waals surface area contributed by atoms with Crippen LogP contribution >= 0.6 is 11.3 Å². The number of nitrogens with one attached hydrogen (secondary N) is 1. The van der Waals surface area contributed by atoms with Crippen LogP contribution in [0.1, 0.15) is 40.1 Å². The molecule has 1 amide bonds. The Hall–Kier alpha value is -2.96. The number of para-hydroxylation sites is 1. The fraction of sp³-hybridized carbons (Fsp3) is 0.250. The second-order valence-corrected chi connectivity index (χ2v) is 8.38. The second kappa shape index (κ2) is 8.05. The van der Waals surface area contributed by atoms with E-state index in [1.165, 1.54) is 35.3 Å². The summed E-state index contributed by atoms with van der Waals surface area (Å²) in [6, 6.07) is 14.2. The van der Waals surface area contributed by atoms with Gasteiger partial charge in [-0.1, -0.05) is 30.3 Å². The highest BCUT2D eigenvalue weighted by atomic mass is 32.1. The molecular weight excluding hydrogens is 396 g/mol. The van der Waals surface area contributed by atoms with E-state index in [2.05, 4.69) is 28.5 Å². The number of thiazole rings is 1. The van der Waals surface area contributed by atoms with Gasteiger partial charge in [0.05, 0.1) is 12.3 Å². The van der Waals surface area contributed by atoms with Crippen LogP contribution in [-0.4, -0.2) is 18.0 Å². The quantitative estimate of drug-likeness (QED) is 0.443. The number of amides is 1. The van der Waals surface area contributed by atoms with Gasteiger partial charge < -0.3 is 9.15 Å². The molecule has 0 saturated heterocycles. The molecule has 0 bridgehead atoms. The minimum atomic E-state index is -0.315. The van der Waals surface area contributed by atoms with Gasteiger partial charge in [0.2, 0.25) is 0 Å². The van der Waals surface area contributed by atoms with Gasteiger partial charge in [0.25, 0.3) is 5.91 Å². The van der Waals surface area contributed by atoms with Crippen molar-refractivity contribution in [3.63, 3.8) is 0 Å². The Bertz CT molecular complexity index is 1220. The summed E-state index contributed by atoms with van der Waals surface area (Å²) in [7, 11) is 1.61. The van der Waals surface area contributed by atoms with Crippen LogP contribution in [0.25, 0.3) is 22.2 Å². The summed E-state index contributed by atoms with van der Waals surface area (Å²) in [5.74, 6) is -0.0480. The van der Waals surface area contributed by atoms with E-state index in [4.69, 9.17) is 9.15 Å². The summed E-state index contributed by atoms with van der Waals surface area (Å²) in [5.41, 5.74) is 6.26. The molecule has 0 saturated carbocycles. The summed E-state index contributed by atoms with van der Waals surface area (Å²) in [5, 5.41) is 6.31. The minimum absolute atomic E-state index is 0.267. The van der Waals surface area contributed by atoms with Gasteiger partial charge in [0, 0.05) is 29.0 Å². The van der Waals surface area contributed by atoms with Crippen LogP contribution in [0.2, 0.25) is 0 Å². The number of carbonyl (C=O) groups is 1. The highest BCUT2D eigenvalue weighted by Crippen LogP contribution is 2.31. The lowest BCUT2D eigenvalue weighted by molar-refractivity contribution is 0.0992. The Balaban J connectivity index is 1.40. The van der Waals surface area contributed by atoms with Crippen molar-refractivity contribution in [2.75, 3.05) is 12.4 Å². The van der Waals surface area contributed by atoms with Crippen LogP contribution in [0.5, 0.6) is 0 Å². The highest BCUT2D eigenvalue weighted by molar-refractivity contribution is 7.14. The first-order valence-corrected chi connectivity index (χ1v) is 11.0. The molecule has 1 aliphatic rings. The van der Waals surface area contributed by atoms with Crippen LogP contribution in [0, 0.1) is 0 Å². The maximum Gasteiger partial charge on any atom is 0.293 e. The molecular formula is C24H22N2O3S. The number of anilines is 1. The number of carbonyl (C=O) groups excluding carboxylic acids is 1. The van der Waals surface area contributed by atoms with Gasteiger partial charge >= 0.3 is 0 Å². The van der Waals surface area contributed by atoms with Crippen LogP contribution in [0.3, 0.4) is 0 Å². The number of rotatable bonds is 5. The molecule has 1 aliphatic carbocycles. The van der Waals surface area contributed by atoms with Crippen LogP contribution in [0.15, 0.2) is 52.3 Å². The molecule has 0 spiro atoms. The number of aryl methyl sites for hydroxylation is 2. The predicted molar refractivity (Wildman–Crippen MR) is 119 cm³/mol. The van der Waals surface area contributed by atoms with Gasteiger partial charge in [-0.3, -0.25) is 10.1 Å². The monoisotopic (exact) mass is 418 g/mol. The lowest BCUT2D eigenvalue weighted by Gasteiger charge is -2.16. The second-order valence-electron chi connectivity index (χ2n) is 7.52. The van der Waals surface area contributed by atoms with E-state index >= 15 is 0 Å². The van der Waals surface area contributed by atoms with E-state index in [1.54, 1.807) is 7.11 Å². The summed E-state index contributed by atoms with van der Waals surface area (Å²) in [6.07, 6.45) is 4.81. The molecule has 0 radical (unpaired) electrons. The zero-order valence-electron chi connectivity index (χ0n) is 16.7. The molecule has 5 rings (SSSR count). The molecule has 4 aromatic rings. The standard InChI is InChI=1S/C24H22N2O3S/c1-28-13-19-18-8-4-5-9-21(18)29-22(19)23(27)26-24-25-20(14-30-24)17-11-10-15-6-2-3-7-16(15)12-17/h4-5,8-12,14H,2-3,6-7,13H2,1H3,(H,25,26,27). The van der Waals surface area contributed by atoms with Gasteiger partial charge in [0.15, 0.2) is 10.9 Å². The lowest BCUT2D eigenvalue weighted by Crippen LogP contribution is -2.13. The molecule has 2 heterocycles. The smallest absolute Gasteiger partial charge is 0.293 e. The maximum absolute atomic E-state index is 12.9. The molecule has 0 unspecified atom stereocenters. The van der Waals surface area contributed by atoms with E-state index in [0.29, 0.717) is 17.3 Å². The molecule has 2 aromatic carbocycles. The summed E-state index contributed by atoms with van der Waals surface area (Å²) in [6.45, 7) is 0.304. The van der Waals surface area contributed by atoms with Gasteiger partial charge in [-0.15, -0.1) is 11.3 Å². The Labute approximate surface area is 178 Å². The van der Waals surface area contributed by atoms with Crippen molar-refractivity contribution in [2.24, 2.45) is 0 Å². The van der Waals surface area contributed by atoms with Crippen molar-refractivity contribution in [1.29, 1.82) is 0 Å². The number of ether oxygens (including phenoxy) is 1. The topological polar surface area (TPSA) is 64.4 Å². The molecule has 152 valence electrons. The van der Waals surface area contributed by atoms with E-state index < -0.39 is 0 Å². The number of hydrogen-bond acceptors (Lipinski definition) is 5. The predicted octanol–water partition coefficient (Wildman–Crippen LogP) is 5.83. The lowest BCUT2D eigenvalue weighted by atomic mass is 9.90. The van der Waals surface area contributed by atoms with Crippen LogP contribution in [-0.2, 0) is 24.2 Å². The van der Waals surface area contributed by atoms with E-state index in [-0.39, 0.29) is 11.7 Å². The Morgan fingerprint density at radius 2 is 2.00 bits per heavy atom. The zero-order chi connectivity index (χ0) is 20.5. The van der Waals surface area contributed by atoms with E-state index in [9.17, 15) is 4.79 Å². The number of benzene rings is 2. The first-order valence-electron chi connectivity index (χ1n) is 10.1. The normalized spacial score (nSPS) is 13.4. The summed E-state index contributed by atoms with van der Waals surface area (Å²) in [4.78, 5) is 17.6. The molecule has 0 atom stereocenters. The van der Waals surface area contributed by atoms with Gasteiger partial charge in [-0.05, 0) is 48.9 Å². The fourth-order valence-corrected chi connectivity index (χ4v) is 4.79. The Morgan fingerprint density at radius 3 is 2.87 bits per heavy atom. The number of hydrogen-bond donors (Lipinski definition) is 1. The Morgan fingerprint density at radius 1 is 1.17 bits per heavy atom. The molecule has 30 heavy (non-hydrogen) atoms. The number of nitrogens with zero attached hydrogens (tertiary/aromatic N) is 1. The average Bonchev–Trinajstić information content (AvgIpc) is 3.39. The van der Waals surface area contributed by atoms with Gasteiger partial charge in [-0.25, -0.2) is 4.98 Å². The number of aromatic nitrogens is 1. The molecule has 6 heteroatoms. The number of fused-ring (bicyclic) bond motifs is 2. The van der Waals surface area contributed by atoms with E-state index in [0.717, 1.165) is 35.0 Å². The van der Waals surface area contributed by atoms with Crippen molar-refractivity contribution >= 4 is 33.3 Å². The third-order valence-corrected chi connectivity index (χ3v) is 6.32.